The van der Waals surface area contributed by atoms with Gasteiger partial charge in [0.05, 0.1) is 15.5 Å². The number of para-hydroxylation sites is 1. The number of nitrogens with one attached hydrogen (secondary N) is 2. The standard InChI is InChI=1S/C22H20FN3O4S2/c23-17-8-1-2-9-18(17)25-32(29,30)16-7-3-6-15(14-16)24-21(27)19-10-4-12-26(19)22(28)20-11-5-13-31-20/h1-3,5-9,11,13-14,19,25H,4,10,12H2,(H,24,27)/t19-/m0/s1. The first-order chi connectivity index (χ1) is 15.3. The third-order valence-corrected chi connectivity index (χ3v) is 7.30. The lowest BCUT2D eigenvalue weighted by atomic mass is 10.2. The van der Waals surface area contributed by atoms with Crippen LogP contribution in [0.25, 0.3) is 0 Å². The van der Waals surface area contributed by atoms with E-state index in [9.17, 15) is 22.4 Å². The molecular weight excluding hydrogens is 453 g/mol. The number of nitrogens with zero attached hydrogens (tertiary/aromatic N) is 1. The molecule has 0 radical (unpaired) electrons. The Hall–Kier alpha value is -3.24. The largest absolute Gasteiger partial charge is 0.326 e. The van der Waals surface area contributed by atoms with Gasteiger partial charge in [-0.25, -0.2) is 12.8 Å². The van der Waals surface area contributed by atoms with Gasteiger partial charge in [0.15, 0.2) is 0 Å². The average molecular weight is 474 g/mol. The second-order valence-electron chi connectivity index (χ2n) is 7.24. The van der Waals surface area contributed by atoms with Gasteiger partial charge in [-0.2, -0.15) is 0 Å². The monoisotopic (exact) mass is 473 g/mol. The highest BCUT2D eigenvalue weighted by Crippen LogP contribution is 2.25. The van der Waals surface area contributed by atoms with Crippen LogP contribution in [0.1, 0.15) is 22.5 Å². The van der Waals surface area contributed by atoms with Crippen molar-refractivity contribution < 1.29 is 22.4 Å². The van der Waals surface area contributed by atoms with Crippen LogP contribution in [-0.2, 0) is 14.8 Å². The molecule has 1 aliphatic rings. The molecule has 1 aromatic heterocycles. The van der Waals surface area contributed by atoms with E-state index in [0.717, 1.165) is 6.07 Å². The van der Waals surface area contributed by atoms with Gasteiger partial charge >= 0.3 is 0 Å². The van der Waals surface area contributed by atoms with Gasteiger partial charge in [0, 0.05) is 12.2 Å². The number of hydrogen-bond donors (Lipinski definition) is 2. The van der Waals surface area contributed by atoms with E-state index < -0.39 is 21.9 Å². The number of carbonyl (C=O) groups is 2. The van der Waals surface area contributed by atoms with E-state index in [1.54, 1.807) is 28.5 Å². The van der Waals surface area contributed by atoms with Crippen molar-refractivity contribution in [2.75, 3.05) is 16.6 Å². The van der Waals surface area contributed by atoms with Crippen molar-refractivity contribution >= 4 is 44.5 Å². The summed E-state index contributed by atoms with van der Waals surface area (Å²) in [6.07, 6.45) is 1.23. The number of sulfonamides is 1. The van der Waals surface area contributed by atoms with Crippen molar-refractivity contribution in [3.8, 4) is 0 Å². The van der Waals surface area contributed by atoms with Crippen molar-refractivity contribution in [1.82, 2.24) is 4.90 Å². The zero-order chi connectivity index (χ0) is 22.7. The SMILES string of the molecule is O=C(Nc1cccc(S(=O)(=O)Nc2ccccc2F)c1)[C@@H]1CCCN1C(=O)c1cccs1. The Kier molecular flexibility index (Phi) is 6.24. The second-order valence-corrected chi connectivity index (χ2v) is 9.87. The van der Waals surface area contributed by atoms with Gasteiger partial charge in [-0.15, -0.1) is 11.3 Å². The summed E-state index contributed by atoms with van der Waals surface area (Å²) >= 11 is 1.32. The topological polar surface area (TPSA) is 95.6 Å². The van der Waals surface area contributed by atoms with Gasteiger partial charge in [0.2, 0.25) is 5.91 Å². The summed E-state index contributed by atoms with van der Waals surface area (Å²) in [5, 5.41) is 4.51. The Labute approximate surface area is 188 Å². The summed E-state index contributed by atoms with van der Waals surface area (Å²) in [7, 11) is -4.07. The molecule has 2 N–H and O–H groups in total. The van der Waals surface area contributed by atoms with Crippen LogP contribution in [0, 0.1) is 5.82 Å². The van der Waals surface area contributed by atoms with Crippen LogP contribution in [0.2, 0.25) is 0 Å². The molecule has 7 nitrogen and oxygen atoms in total. The van der Waals surface area contributed by atoms with E-state index in [0.29, 0.717) is 24.3 Å². The molecule has 4 rings (SSSR count). The number of amides is 2. The maximum atomic E-state index is 13.8. The van der Waals surface area contributed by atoms with Crippen molar-refractivity contribution in [3.63, 3.8) is 0 Å². The molecule has 1 fully saturated rings. The maximum Gasteiger partial charge on any atom is 0.264 e. The first-order valence-electron chi connectivity index (χ1n) is 9.88. The molecule has 0 bridgehead atoms. The van der Waals surface area contributed by atoms with Crippen LogP contribution in [-0.4, -0.2) is 37.7 Å². The summed E-state index contributed by atoms with van der Waals surface area (Å²) in [6, 6.07) is 14.0. The van der Waals surface area contributed by atoms with E-state index in [1.807, 2.05) is 0 Å². The molecule has 2 aromatic carbocycles. The van der Waals surface area contributed by atoms with E-state index in [-0.39, 0.29) is 28.1 Å². The number of likely N-dealkylation sites (tertiary alicyclic amines) is 1. The number of hydrogen-bond acceptors (Lipinski definition) is 5. The third kappa shape index (κ3) is 4.66. The minimum atomic E-state index is -4.07. The van der Waals surface area contributed by atoms with E-state index >= 15 is 0 Å². The van der Waals surface area contributed by atoms with Crippen LogP contribution < -0.4 is 10.0 Å². The molecule has 3 aromatic rings. The first kappa shape index (κ1) is 22.0. The fraction of sp³-hybridized carbons (Fsp3) is 0.182. The quantitative estimate of drug-likeness (QED) is 0.567. The summed E-state index contributed by atoms with van der Waals surface area (Å²) in [6.45, 7) is 0.482. The zero-order valence-electron chi connectivity index (χ0n) is 16.8. The first-order valence-corrected chi connectivity index (χ1v) is 12.2. The molecule has 10 heteroatoms. The highest BCUT2D eigenvalue weighted by molar-refractivity contribution is 7.92. The van der Waals surface area contributed by atoms with Crippen LogP contribution in [0.15, 0.2) is 70.9 Å². The second kappa shape index (κ2) is 9.09. The van der Waals surface area contributed by atoms with Crippen LogP contribution in [0.4, 0.5) is 15.8 Å². The van der Waals surface area contributed by atoms with E-state index in [1.165, 1.54) is 47.7 Å². The van der Waals surface area contributed by atoms with Gasteiger partial charge in [-0.3, -0.25) is 14.3 Å². The predicted octanol–water partition coefficient (Wildman–Crippen LogP) is 3.93. The minimum absolute atomic E-state index is 0.128. The summed E-state index contributed by atoms with van der Waals surface area (Å²) in [4.78, 5) is 27.6. The zero-order valence-corrected chi connectivity index (χ0v) is 18.5. The number of halogens is 1. The van der Waals surface area contributed by atoms with Crippen LogP contribution in [0.3, 0.4) is 0 Å². The Balaban J connectivity index is 1.49. The Morgan fingerprint density at radius 1 is 1.06 bits per heavy atom. The smallest absolute Gasteiger partial charge is 0.264 e. The maximum absolute atomic E-state index is 13.8. The fourth-order valence-corrected chi connectivity index (χ4v) is 5.33. The average Bonchev–Trinajstić information content (AvgIpc) is 3.47. The molecule has 2 heterocycles. The normalized spacial score (nSPS) is 16.0. The van der Waals surface area contributed by atoms with Crippen molar-refractivity contribution in [2.45, 2.75) is 23.8 Å². The van der Waals surface area contributed by atoms with Gasteiger partial charge in [0.1, 0.15) is 11.9 Å². The molecule has 1 saturated heterocycles. The predicted molar refractivity (Wildman–Crippen MR) is 121 cm³/mol. The molecule has 32 heavy (non-hydrogen) atoms. The lowest BCUT2D eigenvalue weighted by Gasteiger charge is -2.23. The van der Waals surface area contributed by atoms with E-state index in [2.05, 4.69) is 10.0 Å². The molecular formula is C22H20FN3O4S2. The van der Waals surface area contributed by atoms with Gasteiger partial charge in [-0.05, 0) is 54.6 Å². The number of rotatable bonds is 6. The Bertz CT molecular complexity index is 1250. The molecule has 0 spiro atoms. The lowest BCUT2D eigenvalue weighted by Crippen LogP contribution is -2.42. The summed E-state index contributed by atoms with van der Waals surface area (Å²) < 4.78 is 41.4. The highest BCUT2D eigenvalue weighted by atomic mass is 32.2. The molecule has 1 aliphatic heterocycles. The third-order valence-electron chi connectivity index (χ3n) is 5.08. The molecule has 166 valence electrons. The number of carbonyl (C=O) groups excluding carboxylic acids is 2. The van der Waals surface area contributed by atoms with Gasteiger partial charge in [0.25, 0.3) is 15.9 Å². The molecule has 0 saturated carbocycles. The van der Waals surface area contributed by atoms with Gasteiger partial charge in [-0.1, -0.05) is 24.3 Å². The molecule has 2 amide bonds. The van der Waals surface area contributed by atoms with Crippen molar-refractivity contribution in [3.05, 3.63) is 76.7 Å². The number of thiophene rings is 1. The fourth-order valence-electron chi connectivity index (χ4n) is 3.54. The Morgan fingerprint density at radius 2 is 1.88 bits per heavy atom. The Morgan fingerprint density at radius 3 is 2.62 bits per heavy atom. The van der Waals surface area contributed by atoms with E-state index in [4.69, 9.17) is 0 Å². The molecule has 0 aliphatic carbocycles. The van der Waals surface area contributed by atoms with Crippen molar-refractivity contribution in [1.29, 1.82) is 0 Å². The van der Waals surface area contributed by atoms with Crippen LogP contribution >= 0.6 is 11.3 Å². The summed E-state index contributed by atoms with van der Waals surface area (Å²) in [5.41, 5.74) is 0.0949. The number of benzene rings is 2. The molecule has 0 unspecified atom stereocenters. The van der Waals surface area contributed by atoms with Crippen LogP contribution in [0.5, 0.6) is 0 Å². The minimum Gasteiger partial charge on any atom is -0.326 e. The summed E-state index contributed by atoms with van der Waals surface area (Å²) in [5.74, 6) is -1.27. The highest BCUT2D eigenvalue weighted by Gasteiger charge is 2.35. The van der Waals surface area contributed by atoms with Gasteiger partial charge < -0.3 is 10.2 Å². The van der Waals surface area contributed by atoms with Crippen molar-refractivity contribution in [2.24, 2.45) is 0 Å². The number of anilines is 2. The molecule has 1 atom stereocenters. The lowest BCUT2D eigenvalue weighted by molar-refractivity contribution is -0.119.